The molecule has 2 aliphatic rings. The maximum atomic E-state index is 12.4. The third-order valence-corrected chi connectivity index (χ3v) is 7.32. The van der Waals surface area contributed by atoms with Crippen LogP contribution in [0.25, 0.3) is 0 Å². The zero-order chi connectivity index (χ0) is 19.5. The number of aromatic amines is 1. The van der Waals surface area contributed by atoms with Gasteiger partial charge in [-0.2, -0.15) is 0 Å². The minimum atomic E-state index is -0.228. The topological polar surface area (TPSA) is 79.8 Å². The van der Waals surface area contributed by atoms with Crippen molar-refractivity contribution in [2.24, 2.45) is 17.8 Å². The predicted molar refractivity (Wildman–Crippen MR) is 110 cm³/mol. The first kappa shape index (κ1) is 19.3. The smallest absolute Gasteiger partial charge is 0.343 e. The molecule has 6 nitrogen and oxygen atoms in total. The summed E-state index contributed by atoms with van der Waals surface area (Å²) in [6.45, 7) is 2.68. The van der Waals surface area contributed by atoms with E-state index in [9.17, 15) is 9.59 Å². The van der Waals surface area contributed by atoms with E-state index in [4.69, 9.17) is 0 Å². The number of carbonyl (C=O) groups is 1. The largest absolute Gasteiger partial charge is 0.353 e. The van der Waals surface area contributed by atoms with Crippen LogP contribution in [-0.2, 0) is 17.8 Å². The Morgan fingerprint density at radius 3 is 2.86 bits per heavy atom. The first-order valence-corrected chi connectivity index (χ1v) is 11.2. The molecular formula is C21H28N4O2S. The van der Waals surface area contributed by atoms with Crippen LogP contribution in [-0.4, -0.2) is 32.5 Å². The first-order chi connectivity index (χ1) is 13.6. The number of carbonyl (C=O) groups excluding carboxylic acids is 1. The van der Waals surface area contributed by atoms with Crippen LogP contribution in [0.2, 0.25) is 0 Å². The van der Waals surface area contributed by atoms with Gasteiger partial charge in [-0.05, 0) is 55.9 Å². The molecule has 1 heterocycles. The third-order valence-electron chi connectivity index (χ3n) is 6.35. The summed E-state index contributed by atoms with van der Waals surface area (Å²) >= 11 is 1.32. The zero-order valence-electron chi connectivity index (χ0n) is 16.3. The van der Waals surface area contributed by atoms with Crippen LogP contribution in [0.3, 0.4) is 0 Å². The highest BCUT2D eigenvalue weighted by molar-refractivity contribution is 7.99. The van der Waals surface area contributed by atoms with Crippen molar-refractivity contribution < 1.29 is 4.79 Å². The number of hydrogen-bond acceptors (Lipinski definition) is 4. The van der Waals surface area contributed by atoms with E-state index < -0.39 is 0 Å². The SMILES string of the molecule is CC(NC(=O)CSc1n[nH]c(=O)n1CCc1ccccc1)C1CC2CCC1C2. The fraction of sp³-hybridized carbons (Fsp3) is 0.571. The highest BCUT2D eigenvalue weighted by atomic mass is 32.2. The number of aromatic nitrogens is 3. The number of aryl methyl sites for hydroxylation is 1. The van der Waals surface area contributed by atoms with Gasteiger partial charge < -0.3 is 5.32 Å². The van der Waals surface area contributed by atoms with Crippen LogP contribution < -0.4 is 11.0 Å². The van der Waals surface area contributed by atoms with E-state index in [1.165, 1.54) is 43.0 Å². The number of hydrogen-bond donors (Lipinski definition) is 2. The van der Waals surface area contributed by atoms with Gasteiger partial charge in [0.2, 0.25) is 5.91 Å². The first-order valence-electron chi connectivity index (χ1n) is 10.2. The standard InChI is InChI=1S/C21H28N4O2S/c1-14(18-12-16-7-8-17(18)11-16)22-19(26)13-28-21-24-23-20(27)25(21)10-9-15-5-3-2-4-6-15/h2-6,14,16-18H,7-13H2,1H3,(H,22,26)(H,23,27). The lowest BCUT2D eigenvalue weighted by atomic mass is 9.84. The van der Waals surface area contributed by atoms with Crippen molar-refractivity contribution in [3.63, 3.8) is 0 Å². The monoisotopic (exact) mass is 400 g/mol. The van der Waals surface area contributed by atoms with Crippen molar-refractivity contribution in [3.05, 3.63) is 46.4 Å². The Kier molecular flexibility index (Phi) is 5.90. The van der Waals surface area contributed by atoms with Gasteiger partial charge in [0, 0.05) is 12.6 Å². The molecular weight excluding hydrogens is 372 g/mol. The Labute approximate surface area is 169 Å². The molecule has 2 aromatic rings. The molecule has 0 aliphatic heterocycles. The molecule has 0 radical (unpaired) electrons. The van der Waals surface area contributed by atoms with Crippen LogP contribution in [0.1, 0.15) is 38.2 Å². The van der Waals surface area contributed by atoms with Gasteiger partial charge in [-0.3, -0.25) is 9.36 Å². The molecule has 1 amide bonds. The van der Waals surface area contributed by atoms with Gasteiger partial charge in [0.25, 0.3) is 0 Å². The number of nitrogens with one attached hydrogen (secondary N) is 2. The third kappa shape index (κ3) is 4.35. The molecule has 4 unspecified atom stereocenters. The van der Waals surface area contributed by atoms with Gasteiger partial charge in [0.05, 0.1) is 5.75 Å². The van der Waals surface area contributed by atoms with E-state index in [0.717, 1.165) is 18.3 Å². The van der Waals surface area contributed by atoms with E-state index in [1.54, 1.807) is 4.57 Å². The highest BCUT2D eigenvalue weighted by Gasteiger charge is 2.42. The Morgan fingerprint density at radius 1 is 1.32 bits per heavy atom. The highest BCUT2D eigenvalue weighted by Crippen LogP contribution is 2.49. The van der Waals surface area contributed by atoms with Gasteiger partial charge in [-0.1, -0.05) is 48.5 Å². The lowest BCUT2D eigenvalue weighted by Crippen LogP contribution is -2.41. The molecule has 4 rings (SSSR count). The van der Waals surface area contributed by atoms with Gasteiger partial charge >= 0.3 is 5.69 Å². The van der Waals surface area contributed by atoms with Crippen molar-refractivity contribution in [1.82, 2.24) is 20.1 Å². The summed E-state index contributed by atoms with van der Waals surface area (Å²) in [6, 6.07) is 10.3. The van der Waals surface area contributed by atoms with Gasteiger partial charge in [-0.25, -0.2) is 9.89 Å². The zero-order valence-corrected chi connectivity index (χ0v) is 17.1. The molecule has 2 fully saturated rings. The molecule has 0 spiro atoms. The van der Waals surface area contributed by atoms with E-state index in [0.29, 0.717) is 17.6 Å². The predicted octanol–water partition coefficient (Wildman–Crippen LogP) is 2.85. The summed E-state index contributed by atoms with van der Waals surface area (Å²) in [4.78, 5) is 24.5. The second-order valence-corrected chi connectivity index (χ2v) is 9.12. The molecule has 0 saturated heterocycles. The molecule has 150 valence electrons. The van der Waals surface area contributed by atoms with E-state index in [1.807, 2.05) is 30.3 Å². The molecule has 28 heavy (non-hydrogen) atoms. The van der Waals surface area contributed by atoms with E-state index in [2.05, 4.69) is 22.4 Å². The molecule has 4 atom stereocenters. The summed E-state index contributed by atoms with van der Waals surface area (Å²) in [5.74, 6) is 2.60. The number of benzene rings is 1. The van der Waals surface area contributed by atoms with Gasteiger partial charge in [-0.15, -0.1) is 5.10 Å². The molecule has 2 saturated carbocycles. The average molecular weight is 401 g/mol. The van der Waals surface area contributed by atoms with Crippen LogP contribution in [0.5, 0.6) is 0 Å². The molecule has 7 heteroatoms. The number of rotatable bonds is 8. The lowest BCUT2D eigenvalue weighted by molar-refractivity contribution is -0.119. The summed E-state index contributed by atoms with van der Waals surface area (Å²) < 4.78 is 1.62. The number of fused-ring (bicyclic) bond motifs is 2. The van der Waals surface area contributed by atoms with Crippen LogP contribution in [0.4, 0.5) is 0 Å². The summed E-state index contributed by atoms with van der Waals surface area (Å²) in [7, 11) is 0. The number of amides is 1. The fourth-order valence-electron chi connectivity index (χ4n) is 4.94. The van der Waals surface area contributed by atoms with E-state index in [-0.39, 0.29) is 23.4 Å². The van der Waals surface area contributed by atoms with Crippen LogP contribution in [0, 0.1) is 17.8 Å². The molecule has 2 bridgehead atoms. The molecule has 1 aromatic carbocycles. The second kappa shape index (κ2) is 8.55. The van der Waals surface area contributed by atoms with Crippen LogP contribution >= 0.6 is 11.8 Å². The fourth-order valence-corrected chi connectivity index (χ4v) is 5.72. The Morgan fingerprint density at radius 2 is 2.14 bits per heavy atom. The number of H-pyrrole nitrogens is 1. The lowest BCUT2D eigenvalue weighted by Gasteiger charge is -2.28. The average Bonchev–Trinajstić information content (AvgIpc) is 3.42. The molecule has 2 N–H and O–H groups in total. The Hall–Kier alpha value is -2.02. The van der Waals surface area contributed by atoms with Gasteiger partial charge in [0.1, 0.15) is 0 Å². The van der Waals surface area contributed by atoms with Crippen LogP contribution in [0.15, 0.2) is 40.3 Å². The van der Waals surface area contributed by atoms with Crippen molar-refractivity contribution in [1.29, 1.82) is 0 Å². The van der Waals surface area contributed by atoms with E-state index >= 15 is 0 Å². The van der Waals surface area contributed by atoms with Crippen molar-refractivity contribution >= 4 is 17.7 Å². The maximum Gasteiger partial charge on any atom is 0.343 e. The minimum absolute atomic E-state index is 0.0188. The molecule has 1 aromatic heterocycles. The second-order valence-electron chi connectivity index (χ2n) is 8.18. The van der Waals surface area contributed by atoms with Gasteiger partial charge in [0.15, 0.2) is 5.16 Å². The quantitative estimate of drug-likeness (QED) is 0.668. The Bertz CT molecular complexity index is 863. The maximum absolute atomic E-state index is 12.4. The normalized spacial score (nSPS) is 24.4. The number of nitrogens with zero attached hydrogens (tertiary/aromatic N) is 2. The summed E-state index contributed by atoms with van der Waals surface area (Å²) in [5.41, 5.74) is 0.943. The number of thioether (sulfide) groups is 1. The van der Waals surface area contributed by atoms with Crippen molar-refractivity contribution in [2.75, 3.05) is 5.75 Å². The summed E-state index contributed by atoms with van der Waals surface area (Å²) in [5, 5.41) is 10.4. The van der Waals surface area contributed by atoms with Crippen molar-refractivity contribution in [3.8, 4) is 0 Å². The minimum Gasteiger partial charge on any atom is -0.353 e. The summed E-state index contributed by atoms with van der Waals surface area (Å²) in [6.07, 6.45) is 6.06. The van der Waals surface area contributed by atoms with Crippen molar-refractivity contribution in [2.45, 2.75) is 56.8 Å². The Balaban J connectivity index is 1.28. The molecule has 2 aliphatic carbocycles.